The van der Waals surface area contributed by atoms with Gasteiger partial charge < -0.3 is 14.3 Å². The quantitative estimate of drug-likeness (QED) is 0.650. The van der Waals surface area contributed by atoms with Gasteiger partial charge in [0, 0.05) is 18.8 Å². The molecule has 0 fully saturated rings. The van der Waals surface area contributed by atoms with Gasteiger partial charge in [0.15, 0.2) is 0 Å². The Morgan fingerprint density at radius 1 is 1.09 bits per heavy atom. The summed E-state index contributed by atoms with van der Waals surface area (Å²) in [6.45, 7) is 3.49. The van der Waals surface area contributed by atoms with Gasteiger partial charge in [0.1, 0.15) is 0 Å². The third kappa shape index (κ3) is 3.31. The van der Waals surface area contributed by atoms with E-state index >= 15 is 0 Å². The van der Waals surface area contributed by atoms with Crippen LogP contribution in [0.2, 0.25) is 0 Å². The first-order chi connectivity index (χ1) is 11.3. The van der Waals surface area contributed by atoms with Crippen molar-refractivity contribution in [2.75, 3.05) is 13.2 Å². The SMILES string of the molecule is CCc1cc(COCCCO)c2ccccc2c1-c1ccoc1. The van der Waals surface area contributed by atoms with E-state index in [9.17, 15) is 0 Å². The van der Waals surface area contributed by atoms with Crippen molar-refractivity contribution < 1.29 is 14.3 Å². The van der Waals surface area contributed by atoms with Crippen LogP contribution in [0.3, 0.4) is 0 Å². The second kappa shape index (κ2) is 7.44. The number of aryl methyl sites for hydroxylation is 1. The van der Waals surface area contributed by atoms with Crippen molar-refractivity contribution in [1.29, 1.82) is 0 Å². The maximum Gasteiger partial charge on any atom is 0.0981 e. The maximum absolute atomic E-state index is 8.87. The summed E-state index contributed by atoms with van der Waals surface area (Å²) in [6.07, 6.45) is 5.15. The predicted molar refractivity (Wildman–Crippen MR) is 92.4 cm³/mol. The lowest BCUT2D eigenvalue weighted by Crippen LogP contribution is -2.00. The zero-order valence-electron chi connectivity index (χ0n) is 13.4. The molecule has 0 aliphatic carbocycles. The summed E-state index contributed by atoms with van der Waals surface area (Å²) in [5.41, 5.74) is 4.86. The van der Waals surface area contributed by atoms with E-state index < -0.39 is 0 Å². The number of furan rings is 1. The molecule has 1 heterocycles. The maximum atomic E-state index is 8.87. The van der Waals surface area contributed by atoms with Crippen LogP contribution in [0.25, 0.3) is 21.9 Å². The number of fused-ring (bicyclic) bond motifs is 1. The van der Waals surface area contributed by atoms with Crippen LogP contribution in [0, 0.1) is 0 Å². The summed E-state index contributed by atoms with van der Waals surface area (Å²) in [6, 6.07) is 12.7. The number of aliphatic hydroxyl groups excluding tert-OH is 1. The molecular formula is C20H22O3. The molecule has 3 aromatic rings. The monoisotopic (exact) mass is 310 g/mol. The van der Waals surface area contributed by atoms with Gasteiger partial charge in [-0.3, -0.25) is 0 Å². The van der Waals surface area contributed by atoms with Crippen molar-refractivity contribution in [2.45, 2.75) is 26.4 Å². The van der Waals surface area contributed by atoms with E-state index in [0.29, 0.717) is 19.6 Å². The highest BCUT2D eigenvalue weighted by Gasteiger charge is 2.13. The van der Waals surface area contributed by atoms with Gasteiger partial charge in [0.05, 0.1) is 19.1 Å². The fraction of sp³-hybridized carbons (Fsp3) is 0.300. The Labute approximate surface area is 136 Å². The summed E-state index contributed by atoms with van der Waals surface area (Å²) in [7, 11) is 0. The van der Waals surface area contributed by atoms with Crippen LogP contribution in [-0.4, -0.2) is 18.3 Å². The highest BCUT2D eigenvalue weighted by molar-refractivity contribution is 6.00. The Kier molecular flexibility index (Phi) is 5.11. The van der Waals surface area contributed by atoms with Gasteiger partial charge in [-0.25, -0.2) is 0 Å². The minimum Gasteiger partial charge on any atom is -0.472 e. The van der Waals surface area contributed by atoms with Crippen LogP contribution in [0.15, 0.2) is 53.3 Å². The first kappa shape index (κ1) is 15.8. The van der Waals surface area contributed by atoms with Crippen molar-refractivity contribution in [1.82, 2.24) is 0 Å². The largest absolute Gasteiger partial charge is 0.472 e. The molecule has 2 aromatic carbocycles. The Hall–Kier alpha value is -2.10. The number of hydrogen-bond acceptors (Lipinski definition) is 3. The van der Waals surface area contributed by atoms with Crippen LogP contribution in [-0.2, 0) is 17.8 Å². The molecule has 0 unspecified atom stereocenters. The third-order valence-corrected chi connectivity index (χ3v) is 4.11. The van der Waals surface area contributed by atoms with E-state index in [1.54, 1.807) is 12.5 Å². The smallest absolute Gasteiger partial charge is 0.0981 e. The molecular weight excluding hydrogens is 288 g/mol. The zero-order valence-corrected chi connectivity index (χ0v) is 13.4. The van der Waals surface area contributed by atoms with Gasteiger partial charge in [0.25, 0.3) is 0 Å². The highest BCUT2D eigenvalue weighted by Crippen LogP contribution is 2.35. The molecule has 0 amide bonds. The van der Waals surface area contributed by atoms with E-state index in [-0.39, 0.29) is 6.61 Å². The molecule has 0 saturated carbocycles. The van der Waals surface area contributed by atoms with Crippen molar-refractivity contribution in [3.05, 3.63) is 60.1 Å². The number of benzene rings is 2. The van der Waals surface area contributed by atoms with Crippen LogP contribution in [0.1, 0.15) is 24.5 Å². The Bertz CT molecular complexity index is 760. The molecule has 120 valence electrons. The predicted octanol–water partition coefficient (Wildman–Crippen LogP) is 4.56. The summed E-state index contributed by atoms with van der Waals surface area (Å²) >= 11 is 0. The van der Waals surface area contributed by atoms with Crippen molar-refractivity contribution >= 4 is 10.8 Å². The van der Waals surface area contributed by atoms with E-state index in [2.05, 4.69) is 37.3 Å². The van der Waals surface area contributed by atoms with Gasteiger partial charge in [-0.2, -0.15) is 0 Å². The lowest BCUT2D eigenvalue weighted by molar-refractivity contribution is 0.105. The number of hydrogen-bond donors (Lipinski definition) is 1. The minimum atomic E-state index is 0.167. The summed E-state index contributed by atoms with van der Waals surface area (Å²) < 4.78 is 11.0. The standard InChI is InChI=1S/C20H22O3/c1-2-15-12-17(14-22-10-5-9-21)18-6-3-4-7-19(18)20(15)16-8-11-23-13-16/h3-4,6-8,11-13,21H,2,5,9-10,14H2,1H3. The Balaban J connectivity index is 2.07. The number of ether oxygens (including phenoxy) is 1. The van der Waals surface area contributed by atoms with Crippen molar-refractivity contribution in [2.24, 2.45) is 0 Å². The van der Waals surface area contributed by atoms with E-state index in [0.717, 1.165) is 12.0 Å². The molecule has 3 nitrogen and oxygen atoms in total. The average molecular weight is 310 g/mol. The Morgan fingerprint density at radius 3 is 2.61 bits per heavy atom. The molecule has 0 radical (unpaired) electrons. The third-order valence-electron chi connectivity index (χ3n) is 4.11. The zero-order chi connectivity index (χ0) is 16.1. The summed E-state index contributed by atoms with van der Waals surface area (Å²) in [5, 5.41) is 11.3. The molecule has 3 heteroatoms. The van der Waals surface area contributed by atoms with Gasteiger partial charge in [-0.05, 0) is 46.4 Å². The fourth-order valence-electron chi connectivity index (χ4n) is 3.01. The molecule has 3 rings (SSSR count). The first-order valence-corrected chi connectivity index (χ1v) is 8.09. The highest BCUT2D eigenvalue weighted by atomic mass is 16.5. The first-order valence-electron chi connectivity index (χ1n) is 8.09. The summed E-state index contributed by atoms with van der Waals surface area (Å²) in [4.78, 5) is 0. The van der Waals surface area contributed by atoms with Gasteiger partial charge in [0.2, 0.25) is 0 Å². The molecule has 0 aliphatic rings. The molecule has 0 saturated heterocycles. The normalized spacial score (nSPS) is 11.2. The topological polar surface area (TPSA) is 42.6 Å². The molecule has 1 N–H and O–H groups in total. The lowest BCUT2D eigenvalue weighted by Gasteiger charge is -2.15. The molecule has 0 spiro atoms. The summed E-state index contributed by atoms with van der Waals surface area (Å²) in [5.74, 6) is 0. The molecule has 0 bridgehead atoms. The van der Waals surface area contributed by atoms with Crippen molar-refractivity contribution in [3.63, 3.8) is 0 Å². The van der Waals surface area contributed by atoms with Crippen LogP contribution < -0.4 is 0 Å². The Morgan fingerprint density at radius 2 is 1.91 bits per heavy atom. The van der Waals surface area contributed by atoms with Crippen molar-refractivity contribution in [3.8, 4) is 11.1 Å². The van der Waals surface area contributed by atoms with Gasteiger partial charge >= 0.3 is 0 Å². The average Bonchev–Trinajstić information content (AvgIpc) is 3.12. The number of aliphatic hydroxyl groups is 1. The molecule has 0 aliphatic heterocycles. The second-order valence-corrected chi connectivity index (χ2v) is 5.61. The fourth-order valence-corrected chi connectivity index (χ4v) is 3.01. The lowest BCUT2D eigenvalue weighted by atomic mass is 9.90. The van der Waals surface area contributed by atoms with E-state index in [4.69, 9.17) is 14.3 Å². The van der Waals surface area contributed by atoms with Gasteiger partial charge in [-0.1, -0.05) is 37.3 Å². The van der Waals surface area contributed by atoms with Crippen LogP contribution in [0.5, 0.6) is 0 Å². The van der Waals surface area contributed by atoms with Crippen LogP contribution >= 0.6 is 0 Å². The molecule has 0 atom stereocenters. The minimum absolute atomic E-state index is 0.167. The second-order valence-electron chi connectivity index (χ2n) is 5.61. The van der Waals surface area contributed by atoms with Crippen LogP contribution in [0.4, 0.5) is 0 Å². The molecule has 1 aromatic heterocycles. The van der Waals surface area contributed by atoms with Gasteiger partial charge in [-0.15, -0.1) is 0 Å². The van der Waals surface area contributed by atoms with E-state index in [1.165, 1.54) is 27.5 Å². The van der Waals surface area contributed by atoms with E-state index in [1.807, 2.05) is 6.07 Å². The number of rotatable bonds is 7. The molecule has 23 heavy (non-hydrogen) atoms.